The van der Waals surface area contributed by atoms with Crippen molar-refractivity contribution in [1.82, 2.24) is 10.2 Å². The SMILES string of the molecule is O=C(CCNCc1cc(Br)cc2c1OCC2)N1CCCC1. The molecule has 0 bridgehead atoms. The van der Waals surface area contributed by atoms with Crippen LogP contribution in [0.2, 0.25) is 0 Å². The molecule has 0 spiro atoms. The summed E-state index contributed by atoms with van der Waals surface area (Å²) in [6.07, 6.45) is 3.87. The molecule has 2 aliphatic rings. The van der Waals surface area contributed by atoms with Gasteiger partial charge >= 0.3 is 0 Å². The summed E-state index contributed by atoms with van der Waals surface area (Å²) in [4.78, 5) is 13.9. The van der Waals surface area contributed by atoms with Crippen LogP contribution in [0.25, 0.3) is 0 Å². The summed E-state index contributed by atoms with van der Waals surface area (Å²) in [6.45, 7) is 4.11. The maximum absolute atomic E-state index is 12.0. The number of hydrogen-bond acceptors (Lipinski definition) is 3. The Hall–Kier alpha value is -1.07. The maximum atomic E-state index is 12.0. The highest BCUT2D eigenvalue weighted by Crippen LogP contribution is 2.32. The first kappa shape index (κ1) is 14.9. The van der Waals surface area contributed by atoms with Crippen molar-refractivity contribution in [3.63, 3.8) is 0 Å². The van der Waals surface area contributed by atoms with Crippen LogP contribution >= 0.6 is 15.9 Å². The van der Waals surface area contributed by atoms with Gasteiger partial charge in [0.25, 0.3) is 0 Å². The number of amides is 1. The molecule has 0 unspecified atom stereocenters. The minimum atomic E-state index is 0.274. The second-order valence-corrected chi connectivity index (χ2v) is 6.58. The smallest absolute Gasteiger partial charge is 0.223 e. The fraction of sp³-hybridized carbons (Fsp3) is 0.562. The molecule has 1 saturated heterocycles. The van der Waals surface area contributed by atoms with E-state index < -0.39 is 0 Å². The van der Waals surface area contributed by atoms with E-state index in [0.29, 0.717) is 6.42 Å². The molecule has 1 N–H and O–H groups in total. The van der Waals surface area contributed by atoms with Gasteiger partial charge in [-0.2, -0.15) is 0 Å². The largest absolute Gasteiger partial charge is 0.493 e. The molecule has 0 atom stereocenters. The lowest BCUT2D eigenvalue weighted by molar-refractivity contribution is -0.130. The number of fused-ring (bicyclic) bond motifs is 1. The number of rotatable bonds is 5. The topological polar surface area (TPSA) is 41.6 Å². The highest BCUT2D eigenvalue weighted by Gasteiger charge is 2.18. The number of halogens is 1. The van der Waals surface area contributed by atoms with Crippen LogP contribution in [0, 0.1) is 0 Å². The van der Waals surface area contributed by atoms with Gasteiger partial charge in [0.1, 0.15) is 5.75 Å². The molecule has 1 amide bonds. The van der Waals surface area contributed by atoms with Crippen LogP contribution in [-0.2, 0) is 17.8 Å². The van der Waals surface area contributed by atoms with E-state index >= 15 is 0 Å². The van der Waals surface area contributed by atoms with E-state index in [1.54, 1.807) is 0 Å². The maximum Gasteiger partial charge on any atom is 0.223 e. The van der Waals surface area contributed by atoms with Gasteiger partial charge in [0.15, 0.2) is 0 Å². The second-order valence-electron chi connectivity index (χ2n) is 5.67. The summed E-state index contributed by atoms with van der Waals surface area (Å²) < 4.78 is 6.80. The summed E-state index contributed by atoms with van der Waals surface area (Å²) in [5.74, 6) is 1.30. The monoisotopic (exact) mass is 352 g/mol. The second kappa shape index (κ2) is 6.79. The predicted molar refractivity (Wildman–Crippen MR) is 85.5 cm³/mol. The molecule has 21 heavy (non-hydrogen) atoms. The first-order valence-corrected chi connectivity index (χ1v) is 8.46. The molecule has 114 valence electrons. The standard InChI is InChI=1S/C16H21BrN2O2/c17-14-9-12-4-8-21-16(12)13(10-14)11-18-5-3-15(20)19-6-1-2-7-19/h9-10,18H,1-8,11H2. The molecule has 0 radical (unpaired) electrons. The van der Waals surface area contributed by atoms with Crippen molar-refractivity contribution in [3.8, 4) is 5.75 Å². The number of nitrogens with zero attached hydrogens (tertiary/aromatic N) is 1. The van der Waals surface area contributed by atoms with Crippen LogP contribution in [0.3, 0.4) is 0 Å². The van der Waals surface area contributed by atoms with Crippen molar-refractivity contribution in [3.05, 3.63) is 27.7 Å². The van der Waals surface area contributed by atoms with Gasteiger partial charge in [-0.15, -0.1) is 0 Å². The van der Waals surface area contributed by atoms with Crippen molar-refractivity contribution in [2.45, 2.75) is 32.2 Å². The zero-order chi connectivity index (χ0) is 14.7. The third-order valence-electron chi connectivity index (χ3n) is 4.12. The van der Waals surface area contributed by atoms with Gasteiger partial charge in [-0.25, -0.2) is 0 Å². The van der Waals surface area contributed by atoms with E-state index in [2.05, 4.69) is 33.4 Å². The molecule has 4 nitrogen and oxygen atoms in total. The molecule has 3 rings (SSSR count). The fourth-order valence-electron chi connectivity index (χ4n) is 3.02. The Labute approximate surface area is 134 Å². The minimum Gasteiger partial charge on any atom is -0.493 e. The normalized spacial score (nSPS) is 16.9. The highest BCUT2D eigenvalue weighted by molar-refractivity contribution is 9.10. The molecular weight excluding hydrogens is 332 g/mol. The van der Waals surface area contributed by atoms with Crippen molar-refractivity contribution < 1.29 is 9.53 Å². The van der Waals surface area contributed by atoms with Crippen molar-refractivity contribution in [1.29, 1.82) is 0 Å². The number of carbonyl (C=O) groups is 1. The number of nitrogens with one attached hydrogen (secondary N) is 1. The highest BCUT2D eigenvalue weighted by atomic mass is 79.9. The molecule has 1 aromatic carbocycles. The quantitative estimate of drug-likeness (QED) is 0.827. The molecule has 0 aliphatic carbocycles. The predicted octanol–water partition coefficient (Wildman–Crippen LogP) is 2.49. The molecule has 0 saturated carbocycles. The van der Waals surface area contributed by atoms with E-state index in [9.17, 15) is 4.79 Å². The average molecular weight is 353 g/mol. The van der Waals surface area contributed by atoms with Gasteiger partial charge in [0, 0.05) is 49.1 Å². The Morgan fingerprint density at radius 1 is 1.33 bits per heavy atom. The van der Waals surface area contributed by atoms with Crippen molar-refractivity contribution in [2.24, 2.45) is 0 Å². The van der Waals surface area contributed by atoms with Crippen molar-refractivity contribution in [2.75, 3.05) is 26.2 Å². The number of likely N-dealkylation sites (tertiary alicyclic amines) is 1. The summed E-state index contributed by atoms with van der Waals surface area (Å²) >= 11 is 3.55. The molecule has 1 aromatic rings. The number of hydrogen-bond donors (Lipinski definition) is 1. The minimum absolute atomic E-state index is 0.274. The van der Waals surface area contributed by atoms with Crippen molar-refractivity contribution >= 4 is 21.8 Å². The average Bonchev–Trinajstić information content (AvgIpc) is 3.13. The first-order valence-electron chi connectivity index (χ1n) is 7.66. The van der Waals surface area contributed by atoms with E-state index in [1.165, 1.54) is 11.1 Å². The van der Waals surface area contributed by atoms with Crippen LogP contribution in [0.5, 0.6) is 5.75 Å². The lowest BCUT2D eigenvalue weighted by Gasteiger charge is -2.15. The number of benzene rings is 1. The van der Waals surface area contributed by atoms with E-state index in [0.717, 1.165) is 62.3 Å². The zero-order valence-corrected chi connectivity index (χ0v) is 13.7. The molecule has 2 aliphatic heterocycles. The molecule has 5 heteroatoms. The van der Waals surface area contributed by atoms with E-state index in [1.807, 2.05) is 4.90 Å². The van der Waals surface area contributed by atoms with Gasteiger partial charge in [0.2, 0.25) is 5.91 Å². The zero-order valence-electron chi connectivity index (χ0n) is 12.2. The first-order chi connectivity index (χ1) is 10.2. The summed E-state index contributed by atoms with van der Waals surface area (Å²) in [7, 11) is 0. The van der Waals surface area contributed by atoms with Gasteiger partial charge in [0.05, 0.1) is 6.61 Å². The lowest BCUT2D eigenvalue weighted by Crippen LogP contribution is -2.30. The van der Waals surface area contributed by atoms with Crippen LogP contribution < -0.4 is 10.1 Å². The Morgan fingerprint density at radius 3 is 2.95 bits per heavy atom. The van der Waals surface area contributed by atoms with Crippen LogP contribution in [0.1, 0.15) is 30.4 Å². The molecule has 1 fully saturated rings. The molecular formula is C16H21BrN2O2. The van der Waals surface area contributed by atoms with E-state index in [4.69, 9.17) is 4.74 Å². The van der Waals surface area contributed by atoms with E-state index in [-0.39, 0.29) is 5.91 Å². The van der Waals surface area contributed by atoms with Gasteiger partial charge in [-0.05, 0) is 30.5 Å². The lowest BCUT2D eigenvalue weighted by atomic mass is 10.1. The Balaban J connectivity index is 1.48. The van der Waals surface area contributed by atoms with Crippen LogP contribution in [0.15, 0.2) is 16.6 Å². The third-order valence-corrected chi connectivity index (χ3v) is 4.57. The van der Waals surface area contributed by atoms with Gasteiger partial charge in [-0.3, -0.25) is 4.79 Å². The number of carbonyl (C=O) groups excluding carboxylic acids is 1. The third kappa shape index (κ3) is 3.58. The molecule has 0 aromatic heterocycles. The summed E-state index contributed by atoms with van der Waals surface area (Å²) in [5, 5.41) is 3.36. The van der Waals surface area contributed by atoms with Gasteiger partial charge in [-0.1, -0.05) is 15.9 Å². The van der Waals surface area contributed by atoms with Gasteiger partial charge < -0.3 is 15.0 Å². The molecule has 2 heterocycles. The fourth-order valence-corrected chi connectivity index (χ4v) is 3.57. The van der Waals surface area contributed by atoms with Crippen LogP contribution in [0.4, 0.5) is 0 Å². The Morgan fingerprint density at radius 2 is 2.14 bits per heavy atom. The summed E-state index contributed by atoms with van der Waals surface area (Å²) in [5.41, 5.74) is 2.44. The summed E-state index contributed by atoms with van der Waals surface area (Å²) in [6, 6.07) is 4.22. The Bertz CT molecular complexity index is 527. The number of ether oxygens (including phenoxy) is 1. The van der Waals surface area contributed by atoms with Crippen LogP contribution in [-0.4, -0.2) is 37.0 Å². The Kier molecular flexibility index (Phi) is 4.80.